The molecule has 2 aromatic rings. The molecule has 0 spiro atoms. The van der Waals surface area contributed by atoms with Gasteiger partial charge in [0.1, 0.15) is 0 Å². The highest BCUT2D eigenvalue weighted by Crippen LogP contribution is 2.62. The molecule has 0 aliphatic heterocycles. The van der Waals surface area contributed by atoms with Gasteiger partial charge in [-0.15, -0.1) is 0 Å². The molecular formula is C21H32N4O. The number of hydrogen-bond acceptors (Lipinski definition) is 3. The fraction of sp³-hybridized carbons (Fsp3) is 0.714. The standard InChI is InChI=1S/C21H32N4O/c1-12-9-14(3)24(22-12)20(25-15(4)10-13(2)23-25)19(26)17-8-7-16-11-18(17)21(16,5)6/h9-10,16-20,26H,7-8,11H2,1-6H3/t16-,17?,18-,19+/m1/s1. The van der Waals surface area contributed by atoms with E-state index in [4.69, 9.17) is 10.2 Å². The van der Waals surface area contributed by atoms with Crippen LogP contribution in [0.2, 0.25) is 0 Å². The maximum absolute atomic E-state index is 11.6. The van der Waals surface area contributed by atoms with E-state index in [1.807, 2.05) is 23.2 Å². The molecule has 0 aromatic carbocycles. The predicted octanol–water partition coefficient (Wildman–Crippen LogP) is 3.79. The first-order chi connectivity index (χ1) is 12.2. The Morgan fingerprint density at radius 3 is 1.92 bits per heavy atom. The Morgan fingerprint density at radius 1 is 1.00 bits per heavy atom. The van der Waals surface area contributed by atoms with Crippen molar-refractivity contribution in [1.29, 1.82) is 0 Å². The minimum atomic E-state index is -0.489. The van der Waals surface area contributed by atoms with Crippen LogP contribution in [0.4, 0.5) is 0 Å². The molecule has 2 bridgehead atoms. The average Bonchev–Trinajstić information content (AvgIpc) is 3.08. The summed E-state index contributed by atoms with van der Waals surface area (Å²) in [4.78, 5) is 0. The van der Waals surface area contributed by atoms with Crippen LogP contribution in [0.5, 0.6) is 0 Å². The lowest BCUT2D eigenvalue weighted by Gasteiger charge is -2.61. The zero-order chi connectivity index (χ0) is 18.8. The summed E-state index contributed by atoms with van der Waals surface area (Å²) in [5, 5.41) is 21.1. The fourth-order valence-electron chi connectivity index (χ4n) is 5.72. The van der Waals surface area contributed by atoms with Crippen molar-refractivity contribution >= 4 is 0 Å². The van der Waals surface area contributed by atoms with E-state index in [1.165, 1.54) is 12.8 Å². The summed E-state index contributed by atoms with van der Waals surface area (Å²) in [6.07, 6.45) is 2.82. The molecule has 5 rings (SSSR count). The quantitative estimate of drug-likeness (QED) is 0.907. The van der Waals surface area contributed by atoms with Crippen molar-refractivity contribution in [2.24, 2.45) is 23.2 Å². The molecule has 1 unspecified atom stereocenters. The maximum Gasteiger partial charge on any atom is 0.169 e. The van der Waals surface area contributed by atoms with Crippen molar-refractivity contribution < 1.29 is 5.11 Å². The van der Waals surface area contributed by atoms with E-state index in [1.54, 1.807) is 0 Å². The fourth-order valence-corrected chi connectivity index (χ4v) is 5.72. The lowest BCUT2D eigenvalue weighted by Crippen LogP contribution is -2.56. The highest BCUT2D eigenvalue weighted by Gasteiger charge is 2.56. The van der Waals surface area contributed by atoms with E-state index >= 15 is 0 Å². The molecule has 0 amide bonds. The van der Waals surface area contributed by atoms with Crippen molar-refractivity contribution in [2.75, 3.05) is 0 Å². The Balaban J connectivity index is 1.75. The molecule has 142 valence electrons. The molecule has 3 fully saturated rings. The van der Waals surface area contributed by atoms with Gasteiger partial charge in [-0.05, 0) is 82.3 Å². The summed E-state index contributed by atoms with van der Waals surface area (Å²) in [5.41, 5.74) is 4.45. The van der Waals surface area contributed by atoms with Gasteiger partial charge in [-0.1, -0.05) is 13.8 Å². The van der Waals surface area contributed by atoms with E-state index < -0.39 is 6.10 Å². The van der Waals surface area contributed by atoms with Crippen LogP contribution in [-0.2, 0) is 0 Å². The summed E-state index contributed by atoms with van der Waals surface area (Å²) in [6, 6.07) is 4.16. The van der Waals surface area contributed by atoms with Gasteiger partial charge in [0, 0.05) is 11.4 Å². The van der Waals surface area contributed by atoms with Crippen LogP contribution in [0.1, 0.15) is 62.1 Å². The first kappa shape index (κ1) is 17.8. The summed E-state index contributed by atoms with van der Waals surface area (Å²) in [7, 11) is 0. The predicted molar refractivity (Wildman–Crippen MR) is 102 cm³/mol. The molecule has 4 atom stereocenters. The third kappa shape index (κ3) is 2.55. The minimum Gasteiger partial charge on any atom is -0.389 e. The molecule has 2 aromatic heterocycles. The number of hydrogen-bond donors (Lipinski definition) is 1. The monoisotopic (exact) mass is 356 g/mol. The number of rotatable bonds is 4. The van der Waals surface area contributed by atoms with Crippen molar-refractivity contribution in [3.63, 3.8) is 0 Å². The number of aliphatic hydroxyl groups excluding tert-OH is 1. The van der Waals surface area contributed by atoms with Gasteiger partial charge in [-0.25, -0.2) is 9.36 Å². The largest absolute Gasteiger partial charge is 0.389 e. The number of aromatic nitrogens is 4. The smallest absolute Gasteiger partial charge is 0.169 e. The SMILES string of the molecule is Cc1cc(C)n(C([C@@H](O)C2CC[C@@H]3C[C@H]2C3(C)C)n2nc(C)cc2C)n1. The highest BCUT2D eigenvalue weighted by atomic mass is 16.3. The van der Waals surface area contributed by atoms with Crippen molar-refractivity contribution in [1.82, 2.24) is 19.6 Å². The van der Waals surface area contributed by atoms with Crippen LogP contribution in [-0.4, -0.2) is 30.8 Å². The number of aryl methyl sites for hydroxylation is 4. The second kappa shape index (κ2) is 5.95. The van der Waals surface area contributed by atoms with Crippen LogP contribution in [0.3, 0.4) is 0 Å². The third-order valence-corrected chi connectivity index (χ3v) is 7.25. The van der Waals surface area contributed by atoms with E-state index in [-0.39, 0.29) is 6.17 Å². The Morgan fingerprint density at radius 2 is 1.54 bits per heavy atom. The Bertz CT molecular complexity index is 770. The second-order valence-corrected chi connectivity index (χ2v) is 9.25. The highest BCUT2D eigenvalue weighted by molar-refractivity contribution is 5.13. The lowest BCUT2D eigenvalue weighted by atomic mass is 9.45. The second-order valence-electron chi connectivity index (χ2n) is 9.25. The van der Waals surface area contributed by atoms with E-state index in [0.29, 0.717) is 17.3 Å². The van der Waals surface area contributed by atoms with Gasteiger partial charge in [0.2, 0.25) is 0 Å². The van der Waals surface area contributed by atoms with Gasteiger partial charge in [0.05, 0.1) is 17.5 Å². The van der Waals surface area contributed by atoms with Crippen LogP contribution < -0.4 is 0 Å². The van der Waals surface area contributed by atoms with Crippen molar-refractivity contribution in [2.45, 2.75) is 73.1 Å². The van der Waals surface area contributed by atoms with Crippen LogP contribution in [0.25, 0.3) is 0 Å². The van der Waals surface area contributed by atoms with Crippen LogP contribution in [0.15, 0.2) is 12.1 Å². The molecule has 3 saturated carbocycles. The first-order valence-corrected chi connectivity index (χ1v) is 9.93. The van der Waals surface area contributed by atoms with Gasteiger partial charge in [-0.2, -0.15) is 10.2 Å². The Kier molecular flexibility index (Phi) is 4.07. The average molecular weight is 357 g/mol. The molecule has 3 aliphatic rings. The zero-order valence-electron chi connectivity index (χ0n) is 16.9. The molecule has 5 heteroatoms. The molecule has 0 radical (unpaired) electrons. The van der Waals surface area contributed by atoms with Crippen molar-refractivity contribution in [3.8, 4) is 0 Å². The molecule has 3 aliphatic carbocycles. The third-order valence-electron chi connectivity index (χ3n) is 7.25. The van der Waals surface area contributed by atoms with Crippen LogP contribution >= 0.6 is 0 Å². The normalized spacial score (nSPS) is 28.2. The number of aliphatic hydroxyl groups is 1. The van der Waals surface area contributed by atoms with Crippen molar-refractivity contribution in [3.05, 3.63) is 34.9 Å². The molecule has 5 nitrogen and oxygen atoms in total. The summed E-state index contributed by atoms with van der Waals surface area (Å²) >= 11 is 0. The Labute approximate surface area is 156 Å². The van der Waals surface area contributed by atoms with Gasteiger partial charge in [-0.3, -0.25) is 0 Å². The molecular weight excluding hydrogens is 324 g/mol. The lowest BCUT2D eigenvalue weighted by molar-refractivity contribution is -0.149. The van der Waals surface area contributed by atoms with Gasteiger partial charge in [0.25, 0.3) is 0 Å². The molecule has 1 N–H and O–H groups in total. The number of fused-ring (bicyclic) bond motifs is 2. The molecule has 0 saturated heterocycles. The topological polar surface area (TPSA) is 55.9 Å². The number of nitrogens with zero attached hydrogens (tertiary/aromatic N) is 4. The Hall–Kier alpha value is -1.62. The van der Waals surface area contributed by atoms with Gasteiger partial charge >= 0.3 is 0 Å². The first-order valence-electron chi connectivity index (χ1n) is 9.93. The van der Waals surface area contributed by atoms with Crippen LogP contribution in [0, 0.1) is 50.9 Å². The molecule has 26 heavy (non-hydrogen) atoms. The zero-order valence-corrected chi connectivity index (χ0v) is 16.9. The van der Waals surface area contributed by atoms with Gasteiger partial charge in [0.15, 0.2) is 6.17 Å². The van der Waals surface area contributed by atoms with Gasteiger partial charge < -0.3 is 5.11 Å². The van der Waals surface area contributed by atoms with E-state index in [0.717, 1.165) is 35.1 Å². The minimum absolute atomic E-state index is 0.282. The maximum atomic E-state index is 11.6. The summed E-state index contributed by atoms with van der Waals surface area (Å²) in [6.45, 7) is 12.9. The summed E-state index contributed by atoms with van der Waals surface area (Å²) in [5.74, 6) is 1.72. The van der Waals surface area contributed by atoms with E-state index in [2.05, 4.69) is 39.8 Å². The van der Waals surface area contributed by atoms with E-state index in [9.17, 15) is 5.11 Å². The molecule has 2 heterocycles. The summed E-state index contributed by atoms with van der Waals surface area (Å²) < 4.78 is 3.97.